The van der Waals surface area contributed by atoms with Gasteiger partial charge >= 0.3 is 6.18 Å². The minimum Gasteiger partial charge on any atom is -0.290 e. The number of halogens is 3. The van der Waals surface area contributed by atoms with Gasteiger partial charge in [0.15, 0.2) is 0 Å². The monoisotopic (exact) mass is 260 g/mol. The highest BCUT2D eigenvalue weighted by atomic mass is 32.2. The van der Waals surface area contributed by atoms with Crippen LogP contribution in [0.1, 0.15) is 5.56 Å². The van der Waals surface area contributed by atoms with Gasteiger partial charge in [0, 0.05) is 7.05 Å². The summed E-state index contributed by atoms with van der Waals surface area (Å²) in [4.78, 5) is 0. The van der Waals surface area contributed by atoms with Crippen LogP contribution in [0, 0.1) is 0 Å². The summed E-state index contributed by atoms with van der Waals surface area (Å²) in [6.07, 6.45) is -4.26. The summed E-state index contributed by atoms with van der Waals surface area (Å²) in [5.74, 6) is 0.251. The Labute approximate surface area is 101 Å². The van der Waals surface area contributed by atoms with Gasteiger partial charge < -0.3 is 0 Å². The smallest absolute Gasteiger partial charge is 0.290 e. The minimum atomic E-state index is -4.26. The summed E-state index contributed by atoms with van der Waals surface area (Å²) >= 11 is 0.851. The van der Waals surface area contributed by atoms with Gasteiger partial charge in [-0.25, -0.2) is 0 Å². The molecule has 2 nitrogen and oxygen atoms in total. The van der Waals surface area contributed by atoms with Crippen molar-refractivity contribution in [2.45, 2.75) is 11.4 Å². The largest absolute Gasteiger partial charge is 0.406 e. The Kier molecular flexibility index (Phi) is 3.33. The van der Waals surface area contributed by atoms with Crippen LogP contribution in [0.2, 0.25) is 0 Å². The molecule has 0 aliphatic carbocycles. The molecule has 1 aromatic carbocycles. The maximum atomic E-state index is 12.9. The van der Waals surface area contributed by atoms with Gasteiger partial charge in [-0.3, -0.25) is 5.01 Å². The molecular weight excluding hydrogens is 249 g/mol. The van der Waals surface area contributed by atoms with Gasteiger partial charge in [0.2, 0.25) is 0 Å². The highest BCUT2D eigenvalue weighted by molar-refractivity contribution is 8.00. The lowest BCUT2D eigenvalue weighted by Gasteiger charge is -2.29. The molecule has 92 valence electrons. The van der Waals surface area contributed by atoms with Crippen LogP contribution >= 0.6 is 11.8 Å². The second-order valence-corrected chi connectivity index (χ2v) is 4.79. The minimum absolute atomic E-state index is 0.0804. The maximum absolute atomic E-state index is 12.9. The van der Waals surface area contributed by atoms with Crippen LogP contribution in [-0.2, 0) is 0 Å². The van der Waals surface area contributed by atoms with Crippen LogP contribution in [0.4, 0.5) is 13.2 Å². The number of nitrogens with zero attached hydrogens (tertiary/aromatic N) is 2. The molecule has 0 fully saturated rings. The van der Waals surface area contributed by atoms with Crippen molar-refractivity contribution in [3.8, 4) is 0 Å². The summed E-state index contributed by atoms with van der Waals surface area (Å²) in [5, 5.41) is 3.99. The van der Waals surface area contributed by atoms with E-state index in [4.69, 9.17) is 0 Å². The summed E-state index contributed by atoms with van der Waals surface area (Å²) in [5.41, 5.74) is 0.603. The number of hydrogen-bond acceptors (Lipinski definition) is 3. The number of alkyl halides is 3. The van der Waals surface area contributed by atoms with Crippen molar-refractivity contribution in [2.75, 3.05) is 12.9 Å². The first-order valence-electron chi connectivity index (χ1n) is 5.02. The van der Waals surface area contributed by atoms with Crippen molar-refractivity contribution in [2.24, 2.45) is 5.10 Å². The van der Waals surface area contributed by atoms with Gasteiger partial charge in [-0.2, -0.15) is 18.3 Å². The number of benzene rings is 1. The van der Waals surface area contributed by atoms with Crippen molar-refractivity contribution in [1.82, 2.24) is 5.01 Å². The van der Waals surface area contributed by atoms with Crippen molar-refractivity contribution < 1.29 is 13.2 Å². The molecular formula is C11H11F3N2S. The zero-order valence-electron chi connectivity index (χ0n) is 9.11. The standard InChI is InChI=1S/C11H11F3N2S/c1-16-7-17-10(11(12,13)14)9(15-16)8-5-3-2-4-6-8/h2-6,10H,7H2,1H3. The van der Waals surface area contributed by atoms with Gasteiger partial charge in [0.25, 0.3) is 0 Å². The van der Waals surface area contributed by atoms with Crippen molar-refractivity contribution >= 4 is 17.5 Å². The van der Waals surface area contributed by atoms with Gasteiger partial charge in [-0.15, -0.1) is 11.8 Å². The number of rotatable bonds is 1. The van der Waals surface area contributed by atoms with E-state index in [0.29, 0.717) is 5.56 Å². The molecule has 0 amide bonds. The molecule has 1 aliphatic rings. The Morgan fingerprint density at radius 2 is 1.94 bits per heavy atom. The Bertz CT molecular complexity index is 416. The van der Waals surface area contributed by atoms with Gasteiger partial charge in [-0.1, -0.05) is 30.3 Å². The lowest BCUT2D eigenvalue weighted by Crippen LogP contribution is -2.40. The molecule has 1 atom stereocenters. The molecule has 1 unspecified atom stereocenters. The first kappa shape index (κ1) is 12.3. The van der Waals surface area contributed by atoms with Crippen molar-refractivity contribution in [1.29, 1.82) is 0 Å². The van der Waals surface area contributed by atoms with Crippen LogP contribution in [0.25, 0.3) is 0 Å². The fourth-order valence-corrected chi connectivity index (χ4v) is 2.55. The molecule has 6 heteroatoms. The molecule has 0 N–H and O–H groups in total. The Morgan fingerprint density at radius 3 is 2.53 bits per heavy atom. The quantitative estimate of drug-likeness (QED) is 0.771. The number of hydrogen-bond donors (Lipinski definition) is 0. The van der Waals surface area contributed by atoms with Crippen molar-refractivity contribution in [3.63, 3.8) is 0 Å². The predicted molar refractivity (Wildman–Crippen MR) is 63.0 cm³/mol. The van der Waals surface area contributed by atoms with Gasteiger partial charge in [-0.05, 0) is 5.56 Å². The van der Waals surface area contributed by atoms with E-state index in [1.165, 1.54) is 5.01 Å². The second kappa shape index (κ2) is 4.60. The Balaban J connectivity index is 2.39. The first-order valence-corrected chi connectivity index (χ1v) is 6.07. The topological polar surface area (TPSA) is 15.6 Å². The molecule has 0 saturated carbocycles. The zero-order chi connectivity index (χ0) is 12.5. The number of hydrazone groups is 1. The molecule has 1 aromatic rings. The third kappa shape index (κ3) is 2.74. The molecule has 0 aromatic heterocycles. The third-order valence-electron chi connectivity index (χ3n) is 2.32. The van der Waals surface area contributed by atoms with E-state index in [1.54, 1.807) is 37.4 Å². The van der Waals surface area contributed by atoms with E-state index in [2.05, 4.69) is 5.10 Å². The average molecular weight is 260 g/mol. The lowest BCUT2D eigenvalue weighted by atomic mass is 10.1. The molecule has 17 heavy (non-hydrogen) atoms. The predicted octanol–water partition coefficient (Wildman–Crippen LogP) is 2.96. The summed E-state index contributed by atoms with van der Waals surface area (Å²) in [6, 6.07) is 8.50. The third-order valence-corrected chi connectivity index (χ3v) is 3.67. The highest BCUT2D eigenvalue weighted by Gasteiger charge is 2.45. The SMILES string of the molecule is CN1CSC(C(F)(F)F)C(c2ccccc2)=N1. The fraction of sp³-hybridized carbons (Fsp3) is 0.364. The number of thioether (sulfide) groups is 1. The normalized spacial score (nSPS) is 21.3. The molecule has 0 spiro atoms. The Hall–Kier alpha value is -1.17. The van der Waals surface area contributed by atoms with Gasteiger partial charge in [0.05, 0.1) is 11.6 Å². The first-order chi connectivity index (χ1) is 7.98. The summed E-state index contributed by atoms with van der Waals surface area (Å²) < 4.78 is 38.7. The van der Waals surface area contributed by atoms with E-state index >= 15 is 0 Å². The van der Waals surface area contributed by atoms with Crippen LogP contribution in [-0.4, -0.2) is 35.1 Å². The molecule has 1 aliphatic heterocycles. The summed E-state index contributed by atoms with van der Waals surface area (Å²) in [6.45, 7) is 0. The van der Waals surface area contributed by atoms with Crippen LogP contribution < -0.4 is 0 Å². The average Bonchev–Trinajstić information content (AvgIpc) is 2.28. The maximum Gasteiger partial charge on any atom is 0.406 e. The molecule has 0 radical (unpaired) electrons. The molecule has 2 rings (SSSR count). The van der Waals surface area contributed by atoms with E-state index in [-0.39, 0.29) is 11.6 Å². The van der Waals surface area contributed by atoms with E-state index in [1.807, 2.05) is 0 Å². The summed E-state index contributed by atoms with van der Waals surface area (Å²) in [7, 11) is 1.67. The molecule has 0 saturated heterocycles. The molecule has 0 bridgehead atoms. The zero-order valence-corrected chi connectivity index (χ0v) is 9.92. The Morgan fingerprint density at radius 1 is 1.29 bits per heavy atom. The van der Waals surface area contributed by atoms with Crippen LogP contribution in [0.15, 0.2) is 35.4 Å². The fourth-order valence-electron chi connectivity index (χ4n) is 1.59. The van der Waals surface area contributed by atoms with Crippen LogP contribution in [0.3, 0.4) is 0 Å². The van der Waals surface area contributed by atoms with Gasteiger partial charge in [0.1, 0.15) is 5.25 Å². The van der Waals surface area contributed by atoms with E-state index in [0.717, 1.165) is 11.8 Å². The second-order valence-electron chi connectivity index (χ2n) is 3.73. The van der Waals surface area contributed by atoms with E-state index < -0.39 is 11.4 Å². The van der Waals surface area contributed by atoms with Crippen LogP contribution in [0.5, 0.6) is 0 Å². The van der Waals surface area contributed by atoms with E-state index in [9.17, 15) is 13.2 Å². The highest BCUT2D eigenvalue weighted by Crippen LogP contribution is 2.36. The van der Waals surface area contributed by atoms with Crippen molar-refractivity contribution in [3.05, 3.63) is 35.9 Å². The molecule has 1 heterocycles. The lowest BCUT2D eigenvalue weighted by molar-refractivity contribution is -0.116.